The highest BCUT2D eigenvalue weighted by molar-refractivity contribution is 5.91. The van der Waals surface area contributed by atoms with Crippen molar-refractivity contribution in [3.8, 4) is 0 Å². The molecular weight excluding hydrogens is 805 g/mol. The second-order valence-electron chi connectivity index (χ2n) is 18.3. The molecule has 0 spiro atoms. The highest BCUT2D eigenvalue weighted by atomic mass is 16.7. The predicted molar refractivity (Wildman–Crippen MR) is 227 cm³/mol. The summed E-state index contributed by atoms with van der Waals surface area (Å²) in [7, 11) is 3.84. The van der Waals surface area contributed by atoms with Crippen LogP contribution in [0.5, 0.6) is 0 Å². The van der Waals surface area contributed by atoms with E-state index in [0.29, 0.717) is 43.8 Å². The van der Waals surface area contributed by atoms with Gasteiger partial charge in [-0.2, -0.15) is 9.97 Å². The van der Waals surface area contributed by atoms with Crippen molar-refractivity contribution in [3.05, 3.63) is 11.9 Å². The normalized spacial score (nSPS) is 39.0. The van der Waals surface area contributed by atoms with Gasteiger partial charge in [0, 0.05) is 30.1 Å². The van der Waals surface area contributed by atoms with Gasteiger partial charge >= 0.3 is 12.1 Å². The number of aliphatic imine (C=N–C) groups is 1. The smallest absolute Gasteiger partial charge is 0.410 e. The molecule has 20 nitrogen and oxygen atoms in total. The molecule has 7 heterocycles. The number of aromatic nitrogens is 4. The van der Waals surface area contributed by atoms with E-state index >= 15 is 0 Å². The van der Waals surface area contributed by atoms with Crippen molar-refractivity contribution in [2.75, 3.05) is 51.9 Å². The standard InChI is InChI=1S/C42H64N10O10/c1-11-28-42(8)33-22(4)29(45-12-13-52(33)40(55)62-42)20(2)15-41(7)34(61-38-31(53)27(51(9)10)14-21(3)59-38)23(5)32(24(6)37(54)60-28)56-17-26(18-57-41)50-58-19-25-16-46-36-30(47-25)35(43)48-39(44)49-36/h16,20-24,27-28,31-34,38,53H,11-15,17-19H2,1-10H3,(H4,43,44,46,48,49)/t20-,21+,22+,23-,24-,27-,28+,31+,32+,33-,34+,38-,41-,42-/m1/s1. The zero-order valence-corrected chi connectivity index (χ0v) is 37.5. The number of aliphatic hydroxyl groups is 1. The highest BCUT2D eigenvalue weighted by Crippen LogP contribution is 2.45. The first-order valence-electron chi connectivity index (χ1n) is 21.7. The maximum absolute atomic E-state index is 14.6. The van der Waals surface area contributed by atoms with Crippen LogP contribution in [0.2, 0.25) is 0 Å². The van der Waals surface area contributed by atoms with Crippen molar-refractivity contribution < 1.29 is 48.0 Å². The van der Waals surface area contributed by atoms with E-state index < -0.39 is 71.8 Å². The van der Waals surface area contributed by atoms with E-state index in [0.717, 1.165) is 5.71 Å². The summed E-state index contributed by atoms with van der Waals surface area (Å²) < 4.78 is 39.8. The molecule has 62 heavy (non-hydrogen) atoms. The number of nitrogens with zero attached hydrogens (tertiary/aromatic N) is 8. The molecule has 4 bridgehead atoms. The second-order valence-corrected chi connectivity index (χ2v) is 18.3. The van der Waals surface area contributed by atoms with Gasteiger partial charge in [0.2, 0.25) is 5.95 Å². The minimum atomic E-state index is -1.16. The van der Waals surface area contributed by atoms with Gasteiger partial charge in [0.25, 0.3) is 0 Å². The van der Waals surface area contributed by atoms with Crippen molar-refractivity contribution in [2.45, 2.75) is 141 Å². The average Bonchev–Trinajstić information content (AvgIpc) is 3.36. The van der Waals surface area contributed by atoms with Crippen LogP contribution in [-0.4, -0.2) is 159 Å². The Morgan fingerprint density at radius 3 is 2.55 bits per heavy atom. The number of aliphatic hydroxyl groups excluding tert-OH is 1. The summed E-state index contributed by atoms with van der Waals surface area (Å²) in [5.74, 6) is -2.37. The fourth-order valence-corrected chi connectivity index (χ4v) is 10.5. The number of amides is 1. The molecule has 2 aromatic rings. The van der Waals surface area contributed by atoms with Crippen LogP contribution in [0.3, 0.4) is 0 Å². The third-order valence-corrected chi connectivity index (χ3v) is 13.5. The monoisotopic (exact) mass is 868 g/mol. The summed E-state index contributed by atoms with van der Waals surface area (Å²) in [6, 6.07) is -0.706. The van der Waals surface area contributed by atoms with E-state index in [1.807, 2.05) is 53.6 Å². The van der Waals surface area contributed by atoms with Crippen LogP contribution in [0, 0.1) is 23.7 Å². The van der Waals surface area contributed by atoms with Gasteiger partial charge < -0.3 is 54.7 Å². The number of anilines is 2. The summed E-state index contributed by atoms with van der Waals surface area (Å²) in [4.78, 5) is 59.7. The van der Waals surface area contributed by atoms with Crippen molar-refractivity contribution in [3.63, 3.8) is 0 Å². The van der Waals surface area contributed by atoms with E-state index in [9.17, 15) is 14.7 Å². The quantitative estimate of drug-likeness (QED) is 0.267. The van der Waals surface area contributed by atoms with E-state index in [2.05, 4.69) is 38.9 Å². The van der Waals surface area contributed by atoms with E-state index in [1.54, 1.807) is 11.8 Å². The van der Waals surface area contributed by atoms with Crippen molar-refractivity contribution in [1.29, 1.82) is 0 Å². The molecular formula is C42H64N10O10. The third kappa shape index (κ3) is 8.78. The number of rotatable bonds is 7. The van der Waals surface area contributed by atoms with Gasteiger partial charge in [0.15, 0.2) is 35.5 Å². The minimum Gasteiger partial charge on any atom is -0.458 e. The SMILES string of the molecule is CC[C@@H]1OC(=O)[C@H](C)[C@H]2OCC(=NOCc3cnc4nc(N)nc(N)c4n3)CO[C@](C)(C[C@@H](C)C3=NCCN4C(=O)O[C@@]1(C)[C@H]4[C@H]3C)[C@@H](O[C@H]1O[C@@H](C)C[C@@H](N(C)C)[C@@H]1O)[C@@H]2C. The van der Waals surface area contributed by atoms with Crippen LogP contribution in [0.1, 0.15) is 80.3 Å². The Balaban J connectivity index is 1.29. The number of fused-ring (bicyclic) bond motifs is 5. The first kappa shape index (κ1) is 45.7. The van der Waals surface area contributed by atoms with Crippen LogP contribution in [0.25, 0.3) is 11.2 Å². The van der Waals surface area contributed by atoms with Crippen molar-refractivity contribution in [2.24, 2.45) is 33.8 Å². The number of cyclic esters (lactones) is 1. The number of ether oxygens (including phenoxy) is 6. The zero-order valence-electron chi connectivity index (χ0n) is 37.5. The second kappa shape index (κ2) is 18.0. The first-order valence-corrected chi connectivity index (χ1v) is 21.7. The molecule has 0 aliphatic carbocycles. The lowest BCUT2D eigenvalue weighted by molar-refractivity contribution is -0.302. The molecule has 5 aliphatic rings. The Kier molecular flexibility index (Phi) is 13.3. The van der Waals surface area contributed by atoms with E-state index in [4.69, 9.17) is 49.7 Å². The molecule has 20 heteroatoms. The Hall–Kier alpha value is -4.34. The number of oxime groups is 1. The lowest BCUT2D eigenvalue weighted by Gasteiger charge is -2.48. The van der Waals surface area contributed by atoms with Gasteiger partial charge in [-0.05, 0) is 67.0 Å². The molecule has 0 unspecified atom stereocenters. The molecule has 5 aliphatic heterocycles. The molecule has 4 fully saturated rings. The van der Waals surface area contributed by atoms with Gasteiger partial charge in [-0.1, -0.05) is 32.9 Å². The summed E-state index contributed by atoms with van der Waals surface area (Å²) >= 11 is 0. The van der Waals surface area contributed by atoms with Gasteiger partial charge in [0.1, 0.15) is 17.9 Å². The Bertz CT molecular complexity index is 2040. The maximum atomic E-state index is 14.6. The van der Waals surface area contributed by atoms with Crippen molar-refractivity contribution >= 4 is 46.4 Å². The van der Waals surface area contributed by atoms with Gasteiger partial charge in [-0.25, -0.2) is 14.8 Å². The number of nitrogens with two attached hydrogens (primary N) is 2. The maximum Gasteiger partial charge on any atom is 0.410 e. The topological polar surface area (TPSA) is 254 Å². The number of hydrogen-bond acceptors (Lipinski definition) is 19. The lowest BCUT2D eigenvalue weighted by Crippen LogP contribution is -2.60. The molecule has 1 amide bonds. The molecule has 4 saturated heterocycles. The highest BCUT2D eigenvalue weighted by Gasteiger charge is 2.60. The molecule has 5 N–H and O–H groups in total. The molecule has 342 valence electrons. The molecule has 14 atom stereocenters. The number of likely N-dealkylation sites (N-methyl/N-ethyl adjacent to an activating group) is 1. The lowest BCUT2D eigenvalue weighted by atomic mass is 9.72. The summed E-state index contributed by atoms with van der Waals surface area (Å²) in [6.45, 7) is 16.1. The Labute approximate surface area is 362 Å². The molecule has 0 aromatic carbocycles. The average molecular weight is 869 g/mol. The third-order valence-electron chi connectivity index (χ3n) is 13.5. The van der Waals surface area contributed by atoms with Crippen LogP contribution >= 0.6 is 0 Å². The van der Waals surface area contributed by atoms with Gasteiger partial charge in [-0.3, -0.25) is 14.7 Å². The van der Waals surface area contributed by atoms with Crippen LogP contribution in [-0.2, 0) is 44.7 Å². The van der Waals surface area contributed by atoms with Crippen molar-refractivity contribution in [1.82, 2.24) is 29.7 Å². The predicted octanol–water partition coefficient (Wildman–Crippen LogP) is 2.75. The van der Waals surface area contributed by atoms with Crippen LogP contribution in [0.15, 0.2) is 16.3 Å². The zero-order chi connectivity index (χ0) is 44.8. The first-order chi connectivity index (χ1) is 29.3. The number of carbonyl (C=O) groups is 2. The summed E-state index contributed by atoms with van der Waals surface area (Å²) in [5, 5.41) is 16.3. The molecule has 0 radical (unpaired) electrons. The fraction of sp³-hybridized carbons (Fsp3) is 0.762. The molecule has 0 saturated carbocycles. The van der Waals surface area contributed by atoms with E-state index in [-0.39, 0.29) is 66.7 Å². The minimum absolute atomic E-state index is 0.0115. The van der Waals surface area contributed by atoms with Crippen LogP contribution in [0.4, 0.5) is 16.6 Å². The Morgan fingerprint density at radius 1 is 1.06 bits per heavy atom. The van der Waals surface area contributed by atoms with Gasteiger partial charge in [0.05, 0.1) is 67.5 Å². The summed E-state index contributed by atoms with van der Waals surface area (Å²) in [5.41, 5.74) is 11.7. The Morgan fingerprint density at radius 2 is 1.82 bits per heavy atom. The number of carbonyl (C=O) groups excluding carboxylic acids is 2. The molecule has 2 aromatic heterocycles. The number of nitrogen functional groups attached to an aromatic ring is 2. The number of esters is 1. The van der Waals surface area contributed by atoms with Gasteiger partial charge in [-0.15, -0.1) is 0 Å². The number of hydrogen-bond donors (Lipinski definition) is 3. The summed E-state index contributed by atoms with van der Waals surface area (Å²) in [6.07, 6.45) is -2.28. The van der Waals surface area contributed by atoms with Crippen LogP contribution < -0.4 is 11.5 Å². The molecule has 7 rings (SSSR count). The fourth-order valence-electron chi connectivity index (χ4n) is 10.5. The van der Waals surface area contributed by atoms with E-state index in [1.165, 1.54) is 6.20 Å². The largest absolute Gasteiger partial charge is 0.458 e.